The minimum atomic E-state index is -0.284. The molecule has 0 spiro atoms. The first-order valence-electron chi connectivity index (χ1n) is 6.72. The maximum Gasteiger partial charge on any atom is 0.227 e. The SMILES string of the molecule is CNC(=O)C1(C)CCN(C(CN)c2sccc2C)C1. The second-order valence-electron chi connectivity index (χ2n) is 5.58. The molecule has 1 aromatic rings. The van der Waals surface area contributed by atoms with Crippen molar-refractivity contribution in [2.24, 2.45) is 11.1 Å². The molecule has 0 radical (unpaired) electrons. The third-order valence-electron chi connectivity index (χ3n) is 4.15. The Morgan fingerprint density at radius 2 is 2.42 bits per heavy atom. The second kappa shape index (κ2) is 5.61. The van der Waals surface area contributed by atoms with E-state index in [4.69, 9.17) is 5.73 Å². The van der Waals surface area contributed by atoms with Crippen LogP contribution in [0.3, 0.4) is 0 Å². The Kier molecular flexibility index (Phi) is 4.28. The quantitative estimate of drug-likeness (QED) is 0.879. The molecule has 1 aliphatic heterocycles. The van der Waals surface area contributed by atoms with Crippen LogP contribution in [0, 0.1) is 12.3 Å². The van der Waals surface area contributed by atoms with Crippen LogP contribution in [0.15, 0.2) is 11.4 Å². The fourth-order valence-electron chi connectivity index (χ4n) is 2.90. The summed E-state index contributed by atoms with van der Waals surface area (Å²) < 4.78 is 0. The van der Waals surface area contributed by atoms with Crippen molar-refractivity contribution < 1.29 is 4.79 Å². The summed E-state index contributed by atoms with van der Waals surface area (Å²) in [4.78, 5) is 15.7. The van der Waals surface area contributed by atoms with Crippen molar-refractivity contribution in [3.8, 4) is 0 Å². The lowest BCUT2D eigenvalue weighted by Gasteiger charge is -2.28. The molecule has 19 heavy (non-hydrogen) atoms. The molecule has 2 unspecified atom stereocenters. The molecule has 2 heterocycles. The summed E-state index contributed by atoms with van der Waals surface area (Å²) in [6.07, 6.45) is 0.896. The molecule has 2 rings (SSSR count). The molecule has 1 aliphatic rings. The summed E-state index contributed by atoms with van der Waals surface area (Å²) in [7, 11) is 1.71. The minimum Gasteiger partial charge on any atom is -0.359 e. The highest BCUT2D eigenvalue weighted by Gasteiger charge is 2.42. The summed E-state index contributed by atoms with van der Waals surface area (Å²) in [5.41, 5.74) is 6.99. The van der Waals surface area contributed by atoms with Crippen molar-refractivity contribution in [3.63, 3.8) is 0 Å². The van der Waals surface area contributed by atoms with E-state index in [0.717, 1.165) is 19.5 Å². The number of rotatable bonds is 4. The number of hydrogen-bond donors (Lipinski definition) is 2. The number of carbonyl (C=O) groups is 1. The highest BCUT2D eigenvalue weighted by Crippen LogP contribution is 2.37. The smallest absolute Gasteiger partial charge is 0.227 e. The number of carbonyl (C=O) groups excluding carboxylic acids is 1. The van der Waals surface area contributed by atoms with E-state index in [1.807, 2.05) is 6.92 Å². The van der Waals surface area contributed by atoms with Gasteiger partial charge in [-0.05, 0) is 43.8 Å². The summed E-state index contributed by atoms with van der Waals surface area (Å²) in [6, 6.07) is 2.38. The van der Waals surface area contributed by atoms with E-state index in [1.165, 1.54) is 10.4 Å². The number of amides is 1. The van der Waals surface area contributed by atoms with E-state index < -0.39 is 0 Å². The number of hydrogen-bond acceptors (Lipinski definition) is 4. The van der Waals surface area contributed by atoms with Crippen molar-refractivity contribution >= 4 is 17.2 Å². The molecule has 0 saturated carbocycles. The molecule has 1 saturated heterocycles. The fourth-order valence-corrected chi connectivity index (χ4v) is 3.97. The lowest BCUT2D eigenvalue weighted by atomic mass is 9.89. The molecular formula is C14H23N3OS. The van der Waals surface area contributed by atoms with Gasteiger partial charge in [-0.25, -0.2) is 0 Å². The molecule has 3 N–H and O–H groups in total. The predicted molar refractivity (Wildman–Crippen MR) is 79.2 cm³/mol. The van der Waals surface area contributed by atoms with Crippen LogP contribution < -0.4 is 11.1 Å². The zero-order valence-corrected chi connectivity index (χ0v) is 12.7. The van der Waals surface area contributed by atoms with Crippen molar-refractivity contribution in [2.75, 3.05) is 26.7 Å². The number of nitrogens with zero attached hydrogens (tertiary/aromatic N) is 1. The Labute approximate surface area is 119 Å². The maximum absolute atomic E-state index is 12.0. The van der Waals surface area contributed by atoms with E-state index in [1.54, 1.807) is 18.4 Å². The summed E-state index contributed by atoms with van der Waals surface area (Å²) in [6.45, 7) is 6.49. The number of nitrogens with two attached hydrogens (primary N) is 1. The van der Waals surface area contributed by atoms with Gasteiger partial charge in [-0.2, -0.15) is 0 Å². The molecule has 0 aromatic carbocycles. The monoisotopic (exact) mass is 281 g/mol. The largest absolute Gasteiger partial charge is 0.359 e. The average Bonchev–Trinajstić information content (AvgIpc) is 2.98. The van der Waals surface area contributed by atoms with Crippen molar-refractivity contribution in [3.05, 3.63) is 21.9 Å². The molecule has 5 heteroatoms. The second-order valence-corrected chi connectivity index (χ2v) is 6.53. The normalized spacial score (nSPS) is 25.5. The van der Waals surface area contributed by atoms with E-state index >= 15 is 0 Å². The van der Waals surface area contributed by atoms with Crippen LogP contribution in [0.2, 0.25) is 0 Å². The van der Waals surface area contributed by atoms with Crippen LogP contribution in [0.1, 0.15) is 29.8 Å². The Hall–Kier alpha value is -0.910. The van der Waals surface area contributed by atoms with Gasteiger partial charge in [0.05, 0.1) is 11.5 Å². The molecular weight excluding hydrogens is 258 g/mol. The summed E-state index contributed by atoms with van der Waals surface area (Å²) >= 11 is 1.76. The zero-order chi connectivity index (χ0) is 14.0. The lowest BCUT2D eigenvalue weighted by Crippen LogP contribution is -2.40. The van der Waals surface area contributed by atoms with Gasteiger partial charge in [-0.3, -0.25) is 9.69 Å². The van der Waals surface area contributed by atoms with E-state index in [2.05, 4.69) is 28.6 Å². The van der Waals surface area contributed by atoms with Gasteiger partial charge >= 0.3 is 0 Å². The van der Waals surface area contributed by atoms with Crippen LogP contribution >= 0.6 is 11.3 Å². The Balaban J connectivity index is 2.15. The number of likely N-dealkylation sites (tertiary alicyclic amines) is 1. The molecule has 1 fully saturated rings. The van der Waals surface area contributed by atoms with Crippen LogP contribution in [0.4, 0.5) is 0 Å². The number of nitrogens with one attached hydrogen (secondary N) is 1. The Morgan fingerprint density at radius 1 is 1.68 bits per heavy atom. The predicted octanol–water partition coefficient (Wildman–Crippen LogP) is 1.51. The summed E-state index contributed by atoms with van der Waals surface area (Å²) in [5.74, 6) is 0.133. The van der Waals surface area contributed by atoms with Crippen molar-refractivity contribution in [2.45, 2.75) is 26.3 Å². The fraction of sp³-hybridized carbons (Fsp3) is 0.643. The Bertz CT molecular complexity index is 459. The van der Waals surface area contributed by atoms with Crippen molar-refractivity contribution in [1.29, 1.82) is 0 Å². The average molecular weight is 281 g/mol. The lowest BCUT2D eigenvalue weighted by molar-refractivity contribution is -0.129. The first kappa shape index (κ1) is 14.5. The standard InChI is InChI=1S/C14H23N3OS/c1-10-4-7-19-12(10)11(8-15)17-6-5-14(2,9-17)13(18)16-3/h4,7,11H,5-6,8-9,15H2,1-3H3,(H,16,18). The van der Waals surface area contributed by atoms with Gasteiger partial charge in [0.1, 0.15) is 0 Å². The van der Waals surface area contributed by atoms with Crippen LogP contribution in [0.5, 0.6) is 0 Å². The van der Waals surface area contributed by atoms with Gasteiger partial charge in [-0.1, -0.05) is 0 Å². The molecule has 1 amide bonds. The third-order valence-corrected chi connectivity index (χ3v) is 5.27. The van der Waals surface area contributed by atoms with Gasteiger partial charge in [0.2, 0.25) is 5.91 Å². The van der Waals surface area contributed by atoms with Gasteiger partial charge in [0.15, 0.2) is 0 Å². The summed E-state index contributed by atoms with van der Waals surface area (Å²) in [5, 5.41) is 4.89. The van der Waals surface area contributed by atoms with Gasteiger partial charge in [0, 0.05) is 25.0 Å². The van der Waals surface area contributed by atoms with Crippen LogP contribution in [0.25, 0.3) is 0 Å². The van der Waals surface area contributed by atoms with Crippen molar-refractivity contribution in [1.82, 2.24) is 10.2 Å². The van der Waals surface area contributed by atoms with E-state index in [-0.39, 0.29) is 17.4 Å². The van der Waals surface area contributed by atoms with Gasteiger partial charge in [-0.15, -0.1) is 11.3 Å². The molecule has 1 aromatic heterocycles. The first-order valence-corrected chi connectivity index (χ1v) is 7.60. The number of aryl methyl sites for hydroxylation is 1. The molecule has 4 nitrogen and oxygen atoms in total. The molecule has 0 bridgehead atoms. The minimum absolute atomic E-state index is 0.133. The maximum atomic E-state index is 12.0. The van der Waals surface area contributed by atoms with E-state index in [0.29, 0.717) is 6.54 Å². The third kappa shape index (κ3) is 2.68. The topological polar surface area (TPSA) is 58.4 Å². The first-order chi connectivity index (χ1) is 9.01. The molecule has 2 atom stereocenters. The molecule has 0 aliphatic carbocycles. The zero-order valence-electron chi connectivity index (χ0n) is 11.9. The number of thiophene rings is 1. The Morgan fingerprint density at radius 3 is 2.95 bits per heavy atom. The van der Waals surface area contributed by atoms with Gasteiger partial charge < -0.3 is 11.1 Å². The highest BCUT2D eigenvalue weighted by molar-refractivity contribution is 7.10. The molecule has 106 valence electrons. The van der Waals surface area contributed by atoms with Crippen LogP contribution in [-0.4, -0.2) is 37.5 Å². The van der Waals surface area contributed by atoms with Crippen LogP contribution in [-0.2, 0) is 4.79 Å². The van der Waals surface area contributed by atoms with E-state index in [9.17, 15) is 4.79 Å². The van der Waals surface area contributed by atoms with Gasteiger partial charge in [0.25, 0.3) is 0 Å². The highest BCUT2D eigenvalue weighted by atomic mass is 32.1.